The van der Waals surface area contributed by atoms with E-state index in [1.165, 1.54) is 0 Å². The molecule has 1 aliphatic rings. The summed E-state index contributed by atoms with van der Waals surface area (Å²) in [4.78, 5) is 13.9. The number of nitrogens with two attached hydrogens (primary N) is 2. The van der Waals surface area contributed by atoms with E-state index >= 15 is 0 Å². The van der Waals surface area contributed by atoms with E-state index in [0.29, 0.717) is 21.9 Å². The molecule has 0 atom stereocenters. The number of hydrogen-bond acceptors (Lipinski definition) is 7. The third kappa shape index (κ3) is 3.26. The molecule has 8 nitrogen and oxygen atoms in total. The van der Waals surface area contributed by atoms with Gasteiger partial charge in [-0.05, 0) is 50.5 Å². The van der Waals surface area contributed by atoms with Crippen molar-refractivity contribution in [3.05, 3.63) is 52.6 Å². The predicted molar refractivity (Wildman–Crippen MR) is 120 cm³/mol. The number of anilines is 1. The molecule has 0 saturated heterocycles. The Labute approximate surface area is 184 Å². The Morgan fingerprint density at radius 1 is 1.19 bits per heavy atom. The first kappa shape index (κ1) is 20.0. The van der Waals surface area contributed by atoms with Crippen LogP contribution in [0.15, 0.2) is 30.5 Å². The lowest BCUT2D eigenvalue weighted by Crippen LogP contribution is -2.29. The van der Waals surface area contributed by atoms with E-state index < -0.39 is 5.54 Å². The molecule has 1 aromatic carbocycles. The van der Waals surface area contributed by atoms with E-state index in [2.05, 4.69) is 15.1 Å². The van der Waals surface area contributed by atoms with Crippen molar-refractivity contribution in [1.82, 2.24) is 24.6 Å². The summed E-state index contributed by atoms with van der Waals surface area (Å²) < 4.78 is 7.02. The third-order valence-electron chi connectivity index (χ3n) is 6.03. The third-order valence-corrected chi connectivity index (χ3v) is 6.33. The van der Waals surface area contributed by atoms with Gasteiger partial charge in [0.25, 0.3) is 0 Å². The molecule has 0 amide bonds. The average Bonchev–Trinajstić information content (AvgIpc) is 3.13. The van der Waals surface area contributed by atoms with Gasteiger partial charge in [-0.2, -0.15) is 4.52 Å². The zero-order valence-electron chi connectivity index (χ0n) is 17.6. The first-order valence-corrected chi connectivity index (χ1v) is 10.6. The highest BCUT2D eigenvalue weighted by atomic mass is 35.5. The zero-order chi connectivity index (χ0) is 21.9. The Balaban J connectivity index is 1.44. The summed E-state index contributed by atoms with van der Waals surface area (Å²) >= 11 is 6.53. The van der Waals surface area contributed by atoms with Gasteiger partial charge in [-0.25, -0.2) is 9.97 Å². The Kier molecular flexibility index (Phi) is 4.53. The SMILES string of the molecule is COc1cccc2c1nc(N)n1nc([C@H]3C[C@@H](c4ncc(C(C)(C)N)cc4Cl)C3)nc21. The van der Waals surface area contributed by atoms with E-state index in [1.807, 2.05) is 44.3 Å². The van der Waals surface area contributed by atoms with Gasteiger partial charge in [0.2, 0.25) is 5.95 Å². The van der Waals surface area contributed by atoms with Crippen molar-refractivity contribution in [3.8, 4) is 5.75 Å². The van der Waals surface area contributed by atoms with E-state index in [9.17, 15) is 0 Å². The van der Waals surface area contributed by atoms with Crippen LogP contribution in [-0.4, -0.2) is 31.7 Å². The Hall–Kier alpha value is -2.97. The number of methoxy groups -OCH3 is 1. The van der Waals surface area contributed by atoms with Crippen LogP contribution in [0.1, 0.15) is 55.6 Å². The van der Waals surface area contributed by atoms with Crippen molar-refractivity contribution < 1.29 is 4.74 Å². The van der Waals surface area contributed by atoms with Crippen LogP contribution in [0.5, 0.6) is 5.75 Å². The van der Waals surface area contributed by atoms with Gasteiger partial charge >= 0.3 is 0 Å². The number of nitrogen functional groups attached to an aromatic ring is 1. The van der Waals surface area contributed by atoms with Crippen molar-refractivity contribution in [3.63, 3.8) is 0 Å². The molecule has 0 radical (unpaired) electrons. The number of rotatable bonds is 4. The summed E-state index contributed by atoms with van der Waals surface area (Å²) in [5.41, 5.74) is 15.0. The standard InChI is InChI=1S/C22H24ClN7O/c1-22(2,25)13-9-15(23)17(26-10-13)11-7-12(8-11)19-28-20-14-5-4-6-16(31-3)18(14)27-21(24)30(20)29-19/h4-6,9-12H,7-8,25H2,1-3H3,(H2,24,27)/t11-,12+. The smallest absolute Gasteiger partial charge is 0.223 e. The lowest BCUT2D eigenvalue weighted by molar-refractivity contribution is 0.332. The molecule has 3 heterocycles. The maximum Gasteiger partial charge on any atom is 0.223 e. The minimum Gasteiger partial charge on any atom is -0.494 e. The topological polar surface area (TPSA) is 117 Å². The number of nitrogens with zero attached hydrogens (tertiary/aromatic N) is 5. The fourth-order valence-corrected chi connectivity index (χ4v) is 4.45. The fraction of sp³-hybridized carbons (Fsp3) is 0.364. The molecule has 9 heteroatoms. The number of benzene rings is 1. The van der Waals surface area contributed by atoms with E-state index in [1.54, 1.807) is 11.6 Å². The van der Waals surface area contributed by atoms with Gasteiger partial charge < -0.3 is 16.2 Å². The van der Waals surface area contributed by atoms with Gasteiger partial charge in [0.1, 0.15) is 11.3 Å². The monoisotopic (exact) mass is 437 g/mol. The van der Waals surface area contributed by atoms with E-state index in [-0.39, 0.29) is 17.8 Å². The van der Waals surface area contributed by atoms with Crippen LogP contribution in [0.3, 0.4) is 0 Å². The van der Waals surface area contributed by atoms with Gasteiger partial charge in [-0.1, -0.05) is 17.7 Å². The Morgan fingerprint density at radius 3 is 2.65 bits per heavy atom. The average molecular weight is 438 g/mol. The second-order valence-electron chi connectivity index (χ2n) is 8.71. The number of aromatic nitrogens is 5. The molecule has 0 aliphatic heterocycles. The lowest BCUT2D eigenvalue weighted by Gasteiger charge is -2.33. The fourth-order valence-electron chi connectivity index (χ4n) is 4.13. The molecule has 160 valence electrons. The maximum atomic E-state index is 6.53. The largest absolute Gasteiger partial charge is 0.494 e. The van der Waals surface area contributed by atoms with Crippen molar-refractivity contribution in [2.45, 2.75) is 44.1 Å². The van der Waals surface area contributed by atoms with Gasteiger partial charge in [-0.3, -0.25) is 4.98 Å². The van der Waals surface area contributed by atoms with Crippen LogP contribution >= 0.6 is 11.6 Å². The normalized spacial score (nSPS) is 19.0. The molecule has 1 saturated carbocycles. The number of para-hydroxylation sites is 1. The van der Waals surface area contributed by atoms with Gasteiger partial charge in [0.15, 0.2) is 11.5 Å². The number of ether oxygens (including phenoxy) is 1. The van der Waals surface area contributed by atoms with Gasteiger partial charge in [0, 0.05) is 29.0 Å². The van der Waals surface area contributed by atoms with Crippen LogP contribution in [0.25, 0.3) is 16.6 Å². The second-order valence-corrected chi connectivity index (χ2v) is 9.12. The summed E-state index contributed by atoms with van der Waals surface area (Å²) in [5.74, 6) is 2.19. The van der Waals surface area contributed by atoms with Crippen LogP contribution in [0.4, 0.5) is 5.95 Å². The van der Waals surface area contributed by atoms with Crippen LogP contribution in [0, 0.1) is 0 Å². The van der Waals surface area contributed by atoms with Crippen LogP contribution < -0.4 is 16.2 Å². The summed E-state index contributed by atoms with van der Waals surface area (Å²) in [5, 5.41) is 6.16. The molecule has 1 fully saturated rings. The highest BCUT2D eigenvalue weighted by Crippen LogP contribution is 2.48. The molecule has 0 unspecified atom stereocenters. The minimum absolute atomic E-state index is 0.216. The van der Waals surface area contributed by atoms with Crippen molar-refractivity contribution >= 4 is 34.1 Å². The molecule has 5 rings (SSSR count). The van der Waals surface area contributed by atoms with Gasteiger partial charge in [0.05, 0.1) is 17.8 Å². The quantitative estimate of drug-likeness (QED) is 0.498. The highest BCUT2D eigenvalue weighted by Gasteiger charge is 2.36. The molecule has 4 N–H and O–H groups in total. The van der Waals surface area contributed by atoms with Crippen molar-refractivity contribution in [1.29, 1.82) is 0 Å². The maximum absolute atomic E-state index is 6.53. The Bertz CT molecular complexity index is 1300. The zero-order valence-corrected chi connectivity index (χ0v) is 18.4. The molecule has 1 aliphatic carbocycles. The number of halogens is 1. The summed E-state index contributed by atoms with van der Waals surface area (Å²) in [7, 11) is 1.61. The second kappa shape index (κ2) is 7.03. The molecule has 0 bridgehead atoms. The van der Waals surface area contributed by atoms with Crippen LogP contribution in [-0.2, 0) is 5.54 Å². The lowest BCUT2D eigenvalue weighted by atomic mass is 9.72. The minimum atomic E-state index is -0.475. The molecule has 3 aromatic heterocycles. The first-order chi connectivity index (χ1) is 14.8. The Morgan fingerprint density at radius 2 is 1.97 bits per heavy atom. The number of pyridine rings is 1. The summed E-state index contributed by atoms with van der Waals surface area (Å²) in [6, 6.07) is 7.64. The first-order valence-electron chi connectivity index (χ1n) is 10.2. The number of fused-ring (bicyclic) bond motifs is 3. The molecular formula is C22H24ClN7O. The number of hydrogen-bond donors (Lipinski definition) is 2. The molecular weight excluding hydrogens is 414 g/mol. The molecule has 4 aromatic rings. The van der Waals surface area contributed by atoms with Crippen molar-refractivity contribution in [2.75, 3.05) is 12.8 Å². The van der Waals surface area contributed by atoms with E-state index in [0.717, 1.165) is 35.3 Å². The molecule has 31 heavy (non-hydrogen) atoms. The summed E-state index contributed by atoms with van der Waals surface area (Å²) in [6.45, 7) is 3.88. The van der Waals surface area contributed by atoms with Crippen LogP contribution in [0.2, 0.25) is 5.02 Å². The predicted octanol–water partition coefficient (Wildman–Crippen LogP) is 3.77. The summed E-state index contributed by atoms with van der Waals surface area (Å²) in [6.07, 6.45) is 3.58. The van der Waals surface area contributed by atoms with Gasteiger partial charge in [-0.15, -0.1) is 5.10 Å². The van der Waals surface area contributed by atoms with Crippen molar-refractivity contribution in [2.24, 2.45) is 5.73 Å². The highest BCUT2D eigenvalue weighted by molar-refractivity contribution is 6.31. The van der Waals surface area contributed by atoms with E-state index in [4.69, 9.17) is 32.8 Å². The molecule has 0 spiro atoms.